The molecule has 1 aromatic heterocycles. The van der Waals surface area contributed by atoms with E-state index in [0.29, 0.717) is 29.4 Å². The molecule has 0 fully saturated rings. The van der Waals surface area contributed by atoms with Crippen molar-refractivity contribution in [2.75, 3.05) is 16.8 Å². The Morgan fingerprint density at radius 3 is 2.43 bits per heavy atom. The smallest absolute Gasteiger partial charge is 0.274 e. The van der Waals surface area contributed by atoms with Crippen molar-refractivity contribution in [2.24, 2.45) is 0 Å². The van der Waals surface area contributed by atoms with Crippen LogP contribution in [0.4, 0.5) is 17.3 Å². The SMILES string of the molecule is CCN(c1ccccc1)c1nc(C)cc(C(=O)Nc2cccc(C(C)=O)c2)n1. The van der Waals surface area contributed by atoms with E-state index >= 15 is 0 Å². The van der Waals surface area contributed by atoms with Crippen molar-refractivity contribution < 1.29 is 9.59 Å². The molecule has 3 rings (SSSR count). The fraction of sp³-hybridized carbons (Fsp3) is 0.182. The van der Waals surface area contributed by atoms with E-state index in [1.54, 1.807) is 30.3 Å². The molecule has 0 unspecified atom stereocenters. The number of aromatic nitrogens is 2. The second-order valence-corrected chi connectivity index (χ2v) is 6.37. The predicted octanol–water partition coefficient (Wildman–Crippen LogP) is 4.40. The largest absolute Gasteiger partial charge is 0.321 e. The molecule has 6 heteroatoms. The summed E-state index contributed by atoms with van der Waals surface area (Å²) in [5, 5.41) is 2.80. The fourth-order valence-corrected chi connectivity index (χ4v) is 2.85. The first-order chi connectivity index (χ1) is 13.5. The van der Waals surface area contributed by atoms with Crippen molar-refractivity contribution in [2.45, 2.75) is 20.8 Å². The zero-order chi connectivity index (χ0) is 20.1. The van der Waals surface area contributed by atoms with E-state index < -0.39 is 0 Å². The summed E-state index contributed by atoms with van der Waals surface area (Å²) in [6.07, 6.45) is 0. The van der Waals surface area contributed by atoms with Gasteiger partial charge in [-0.3, -0.25) is 9.59 Å². The lowest BCUT2D eigenvalue weighted by Crippen LogP contribution is -2.22. The van der Waals surface area contributed by atoms with Gasteiger partial charge in [-0.25, -0.2) is 9.97 Å². The maximum atomic E-state index is 12.7. The van der Waals surface area contributed by atoms with E-state index in [2.05, 4.69) is 15.3 Å². The molecule has 2 aromatic carbocycles. The lowest BCUT2D eigenvalue weighted by molar-refractivity contribution is 0.100. The lowest BCUT2D eigenvalue weighted by Gasteiger charge is -2.21. The van der Waals surface area contributed by atoms with E-state index in [1.807, 2.05) is 49.1 Å². The monoisotopic (exact) mass is 374 g/mol. The molecule has 3 aromatic rings. The molecular formula is C22H22N4O2. The minimum Gasteiger partial charge on any atom is -0.321 e. The summed E-state index contributed by atoms with van der Waals surface area (Å²) in [5.41, 5.74) is 3.01. The summed E-state index contributed by atoms with van der Waals surface area (Å²) < 4.78 is 0. The topological polar surface area (TPSA) is 75.2 Å². The molecule has 0 atom stereocenters. The molecular weight excluding hydrogens is 352 g/mol. The van der Waals surface area contributed by atoms with Gasteiger partial charge in [-0.2, -0.15) is 0 Å². The number of nitrogens with one attached hydrogen (secondary N) is 1. The van der Waals surface area contributed by atoms with Gasteiger partial charge in [-0.1, -0.05) is 30.3 Å². The van der Waals surface area contributed by atoms with Gasteiger partial charge in [0.25, 0.3) is 5.91 Å². The Bertz CT molecular complexity index is 1000. The van der Waals surface area contributed by atoms with Crippen LogP contribution in [0, 0.1) is 6.92 Å². The quantitative estimate of drug-likeness (QED) is 0.647. The summed E-state index contributed by atoms with van der Waals surface area (Å²) in [4.78, 5) is 35.2. The second kappa shape index (κ2) is 8.43. The third-order valence-electron chi connectivity index (χ3n) is 4.23. The van der Waals surface area contributed by atoms with Crippen LogP contribution in [-0.2, 0) is 0 Å². The number of hydrogen-bond donors (Lipinski definition) is 1. The molecule has 0 radical (unpaired) electrons. The summed E-state index contributed by atoms with van der Waals surface area (Å²) >= 11 is 0. The second-order valence-electron chi connectivity index (χ2n) is 6.37. The number of para-hydroxylation sites is 1. The Kier molecular flexibility index (Phi) is 5.79. The molecule has 0 spiro atoms. The first-order valence-corrected chi connectivity index (χ1v) is 9.08. The molecule has 6 nitrogen and oxygen atoms in total. The minimum atomic E-state index is -0.350. The highest BCUT2D eigenvalue weighted by atomic mass is 16.2. The van der Waals surface area contributed by atoms with Crippen LogP contribution in [0.15, 0.2) is 60.7 Å². The van der Waals surface area contributed by atoms with Crippen molar-refractivity contribution >= 4 is 29.0 Å². The normalized spacial score (nSPS) is 10.4. The van der Waals surface area contributed by atoms with Crippen molar-refractivity contribution in [1.29, 1.82) is 0 Å². The minimum absolute atomic E-state index is 0.0577. The van der Waals surface area contributed by atoms with Crippen LogP contribution in [0.25, 0.3) is 0 Å². The molecule has 142 valence electrons. The number of benzene rings is 2. The van der Waals surface area contributed by atoms with Crippen LogP contribution in [0.3, 0.4) is 0 Å². The van der Waals surface area contributed by atoms with Gasteiger partial charge < -0.3 is 10.2 Å². The Hall–Kier alpha value is -3.54. The standard InChI is InChI=1S/C22H22N4O2/c1-4-26(19-11-6-5-7-12-19)22-23-15(2)13-20(25-22)21(28)24-18-10-8-9-17(14-18)16(3)27/h5-14H,4H2,1-3H3,(H,24,28). The van der Waals surface area contributed by atoms with Gasteiger partial charge in [0, 0.05) is 29.2 Å². The van der Waals surface area contributed by atoms with E-state index in [4.69, 9.17) is 0 Å². The van der Waals surface area contributed by atoms with Gasteiger partial charge in [0.1, 0.15) is 5.69 Å². The molecule has 1 heterocycles. The molecule has 28 heavy (non-hydrogen) atoms. The van der Waals surface area contributed by atoms with Crippen LogP contribution in [-0.4, -0.2) is 28.2 Å². The maximum Gasteiger partial charge on any atom is 0.274 e. The fourth-order valence-electron chi connectivity index (χ4n) is 2.85. The Morgan fingerprint density at radius 1 is 1.00 bits per heavy atom. The zero-order valence-corrected chi connectivity index (χ0v) is 16.1. The van der Waals surface area contributed by atoms with Crippen molar-refractivity contribution in [3.63, 3.8) is 0 Å². The van der Waals surface area contributed by atoms with E-state index in [-0.39, 0.29) is 17.4 Å². The van der Waals surface area contributed by atoms with Crippen LogP contribution in [0.1, 0.15) is 40.4 Å². The van der Waals surface area contributed by atoms with Crippen LogP contribution in [0.2, 0.25) is 0 Å². The highest BCUT2D eigenvalue weighted by Gasteiger charge is 2.16. The third-order valence-corrected chi connectivity index (χ3v) is 4.23. The number of hydrogen-bond acceptors (Lipinski definition) is 5. The van der Waals surface area contributed by atoms with E-state index in [9.17, 15) is 9.59 Å². The molecule has 0 saturated carbocycles. The Balaban J connectivity index is 1.89. The molecule has 0 aliphatic carbocycles. The van der Waals surface area contributed by atoms with Gasteiger partial charge in [-0.15, -0.1) is 0 Å². The van der Waals surface area contributed by atoms with E-state index in [1.165, 1.54) is 6.92 Å². The molecule has 0 aliphatic rings. The first-order valence-electron chi connectivity index (χ1n) is 9.08. The number of Topliss-reactive ketones (excluding diaryl/α,β-unsaturated/α-hetero) is 1. The molecule has 0 bridgehead atoms. The summed E-state index contributed by atoms with van der Waals surface area (Å²) in [6, 6.07) is 18.3. The highest BCUT2D eigenvalue weighted by Crippen LogP contribution is 2.22. The third kappa shape index (κ3) is 4.40. The first kappa shape index (κ1) is 19.2. The summed E-state index contributed by atoms with van der Waals surface area (Å²) in [5.74, 6) is 0.0608. The predicted molar refractivity (Wildman–Crippen MR) is 110 cm³/mol. The van der Waals surface area contributed by atoms with Crippen LogP contribution >= 0.6 is 0 Å². The number of nitrogens with zero attached hydrogens (tertiary/aromatic N) is 3. The number of carbonyl (C=O) groups is 2. The van der Waals surface area contributed by atoms with Gasteiger partial charge >= 0.3 is 0 Å². The van der Waals surface area contributed by atoms with Crippen molar-refractivity contribution in [3.8, 4) is 0 Å². The van der Waals surface area contributed by atoms with Crippen LogP contribution < -0.4 is 10.2 Å². The van der Waals surface area contributed by atoms with Gasteiger partial charge in [0.2, 0.25) is 5.95 Å². The highest BCUT2D eigenvalue weighted by molar-refractivity contribution is 6.04. The Labute approximate surface area is 164 Å². The van der Waals surface area contributed by atoms with Gasteiger partial charge in [0.05, 0.1) is 0 Å². The number of amides is 1. The number of anilines is 3. The molecule has 0 aliphatic heterocycles. The number of aryl methyl sites for hydroxylation is 1. The summed E-state index contributed by atoms with van der Waals surface area (Å²) in [6.45, 7) is 5.99. The molecule has 1 amide bonds. The number of rotatable bonds is 6. The maximum absolute atomic E-state index is 12.7. The zero-order valence-electron chi connectivity index (χ0n) is 16.1. The average Bonchev–Trinajstić information content (AvgIpc) is 2.69. The lowest BCUT2D eigenvalue weighted by atomic mass is 10.1. The van der Waals surface area contributed by atoms with Crippen LogP contribution in [0.5, 0.6) is 0 Å². The molecule has 0 saturated heterocycles. The number of carbonyl (C=O) groups excluding carboxylic acids is 2. The van der Waals surface area contributed by atoms with Crippen molar-refractivity contribution in [3.05, 3.63) is 77.6 Å². The van der Waals surface area contributed by atoms with E-state index in [0.717, 1.165) is 5.69 Å². The van der Waals surface area contributed by atoms with Crippen molar-refractivity contribution in [1.82, 2.24) is 9.97 Å². The average molecular weight is 374 g/mol. The van der Waals surface area contributed by atoms with Gasteiger partial charge in [-0.05, 0) is 51.1 Å². The van der Waals surface area contributed by atoms with Gasteiger partial charge in [0.15, 0.2) is 5.78 Å². The molecule has 1 N–H and O–H groups in total. The summed E-state index contributed by atoms with van der Waals surface area (Å²) in [7, 11) is 0. The number of ketones is 1. The Morgan fingerprint density at radius 2 is 1.75 bits per heavy atom.